The van der Waals surface area contributed by atoms with Gasteiger partial charge in [0.25, 0.3) is 0 Å². The number of nitrogen functional groups attached to an aromatic ring is 1. The normalized spacial score (nSPS) is 12.6. The highest BCUT2D eigenvalue weighted by molar-refractivity contribution is 5.78. The molecule has 0 aliphatic rings. The predicted octanol–water partition coefficient (Wildman–Crippen LogP) is 2.69. The van der Waals surface area contributed by atoms with Gasteiger partial charge >= 0.3 is 5.97 Å². The van der Waals surface area contributed by atoms with E-state index in [1.165, 1.54) is 0 Å². The Kier molecular flexibility index (Phi) is 3.27. The van der Waals surface area contributed by atoms with E-state index in [0.717, 1.165) is 33.5 Å². The van der Waals surface area contributed by atoms with Crippen LogP contribution in [0.15, 0.2) is 0 Å². The van der Waals surface area contributed by atoms with Crippen LogP contribution in [0.1, 0.15) is 40.7 Å². The molecule has 0 heterocycles. The van der Waals surface area contributed by atoms with Crippen LogP contribution in [0.4, 0.5) is 5.69 Å². The zero-order chi connectivity index (χ0) is 12.6. The van der Waals surface area contributed by atoms with Crippen LogP contribution in [-0.4, -0.2) is 11.1 Å². The first-order chi connectivity index (χ1) is 7.29. The van der Waals surface area contributed by atoms with Gasteiger partial charge in [-0.25, -0.2) is 0 Å². The van der Waals surface area contributed by atoms with Crippen LogP contribution in [0.3, 0.4) is 0 Å². The van der Waals surface area contributed by atoms with Crippen LogP contribution in [0.5, 0.6) is 0 Å². The second kappa shape index (κ2) is 4.16. The van der Waals surface area contributed by atoms with E-state index in [1.807, 2.05) is 27.7 Å². The maximum Gasteiger partial charge on any atom is 0.310 e. The summed E-state index contributed by atoms with van der Waals surface area (Å²) in [5.74, 6) is -1.28. The van der Waals surface area contributed by atoms with E-state index in [9.17, 15) is 4.79 Å². The van der Waals surface area contributed by atoms with E-state index >= 15 is 0 Å². The largest absolute Gasteiger partial charge is 0.481 e. The monoisotopic (exact) mass is 221 g/mol. The average molecular weight is 221 g/mol. The van der Waals surface area contributed by atoms with Gasteiger partial charge in [0.1, 0.15) is 0 Å². The van der Waals surface area contributed by atoms with Gasteiger partial charge in [-0.15, -0.1) is 0 Å². The molecule has 3 heteroatoms. The maximum atomic E-state index is 11.1. The fourth-order valence-electron chi connectivity index (χ4n) is 2.14. The molecule has 1 aromatic carbocycles. The minimum atomic E-state index is -0.797. The Morgan fingerprint density at radius 3 is 1.75 bits per heavy atom. The second-order valence-electron chi connectivity index (χ2n) is 4.39. The fraction of sp³-hybridized carbons (Fsp3) is 0.462. The molecule has 16 heavy (non-hydrogen) atoms. The first kappa shape index (κ1) is 12.6. The van der Waals surface area contributed by atoms with Gasteiger partial charge in [0.2, 0.25) is 0 Å². The van der Waals surface area contributed by atoms with Crippen molar-refractivity contribution in [3.8, 4) is 0 Å². The lowest BCUT2D eigenvalue weighted by atomic mass is 9.86. The highest BCUT2D eigenvalue weighted by Crippen LogP contribution is 2.33. The molecule has 1 aromatic rings. The topological polar surface area (TPSA) is 63.3 Å². The molecule has 3 N–H and O–H groups in total. The van der Waals surface area contributed by atoms with Crippen LogP contribution in [0, 0.1) is 27.7 Å². The Labute approximate surface area is 96.3 Å². The van der Waals surface area contributed by atoms with Crippen molar-refractivity contribution in [1.29, 1.82) is 0 Å². The lowest BCUT2D eigenvalue weighted by molar-refractivity contribution is -0.138. The van der Waals surface area contributed by atoms with Crippen molar-refractivity contribution in [3.05, 3.63) is 27.8 Å². The van der Waals surface area contributed by atoms with E-state index in [2.05, 4.69) is 0 Å². The number of anilines is 1. The standard InChI is InChI=1S/C13H19NO2/c1-6-8(3)12(14)9(4)7(2)11(6)10(5)13(15)16/h10H,14H2,1-5H3,(H,15,16). The van der Waals surface area contributed by atoms with Gasteiger partial charge in [0.15, 0.2) is 0 Å². The van der Waals surface area contributed by atoms with Gasteiger partial charge in [0, 0.05) is 5.69 Å². The summed E-state index contributed by atoms with van der Waals surface area (Å²) in [5.41, 5.74) is 11.6. The summed E-state index contributed by atoms with van der Waals surface area (Å²) in [4.78, 5) is 11.1. The number of rotatable bonds is 2. The molecule has 0 saturated heterocycles. The molecule has 1 atom stereocenters. The number of benzene rings is 1. The smallest absolute Gasteiger partial charge is 0.310 e. The van der Waals surface area contributed by atoms with Crippen LogP contribution in [0.25, 0.3) is 0 Å². The Morgan fingerprint density at radius 1 is 1.06 bits per heavy atom. The van der Waals surface area contributed by atoms with Crippen molar-refractivity contribution in [3.63, 3.8) is 0 Å². The zero-order valence-corrected chi connectivity index (χ0v) is 10.5. The molecule has 3 nitrogen and oxygen atoms in total. The number of hydrogen-bond donors (Lipinski definition) is 2. The molecule has 1 unspecified atom stereocenters. The van der Waals surface area contributed by atoms with Crippen molar-refractivity contribution in [2.45, 2.75) is 40.5 Å². The number of aliphatic carboxylic acids is 1. The number of carboxylic acids is 1. The van der Waals surface area contributed by atoms with Crippen LogP contribution < -0.4 is 5.73 Å². The number of carboxylic acid groups (broad SMARTS) is 1. The Bertz CT molecular complexity index is 421. The predicted molar refractivity (Wildman–Crippen MR) is 65.9 cm³/mol. The number of carbonyl (C=O) groups is 1. The van der Waals surface area contributed by atoms with Crippen LogP contribution >= 0.6 is 0 Å². The quantitative estimate of drug-likeness (QED) is 0.755. The van der Waals surface area contributed by atoms with Gasteiger partial charge < -0.3 is 10.8 Å². The minimum Gasteiger partial charge on any atom is -0.481 e. The summed E-state index contributed by atoms with van der Waals surface area (Å²) >= 11 is 0. The summed E-state index contributed by atoms with van der Waals surface area (Å²) in [7, 11) is 0. The Hall–Kier alpha value is -1.51. The van der Waals surface area contributed by atoms with Gasteiger partial charge in [-0.1, -0.05) is 0 Å². The van der Waals surface area contributed by atoms with Crippen molar-refractivity contribution in [1.82, 2.24) is 0 Å². The third-order valence-corrected chi connectivity index (χ3v) is 3.54. The van der Waals surface area contributed by atoms with Gasteiger partial charge in [-0.2, -0.15) is 0 Å². The molecule has 0 amide bonds. The molecule has 1 rings (SSSR count). The summed E-state index contributed by atoms with van der Waals surface area (Å²) in [6.07, 6.45) is 0. The van der Waals surface area contributed by atoms with E-state index < -0.39 is 11.9 Å². The molecular formula is C13H19NO2. The minimum absolute atomic E-state index is 0.488. The van der Waals surface area contributed by atoms with Crippen molar-refractivity contribution >= 4 is 11.7 Å². The van der Waals surface area contributed by atoms with E-state index in [-0.39, 0.29) is 0 Å². The molecule has 0 radical (unpaired) electrons. The molecule has 88 valence electrons. The third-order valence-electron chi connectivity index (χ3n) is 3.54. The average Bonchev–Trinajstić information content (AvgIpc) is 2.23. The second-order valence-corrected chi connectivity index (χ2v) is 4.39. The third kappa shape index (κ3) is 1.77. The van der Waals surface area contributed by atoms with E-state index in [4.69, 9.17) is 10.8 Å². The van der Waals surface area contributed by atoms with Crippen LogP contribution in [-0.2, 0) is 4.79 Å². The summed E-state index contributed by atoms with van der Waals surface area (Å²) in [6, 6.07) is 0. The lowest BCUT2D eigenvalue weighted by Gasteiger charge is -2.20. The number of nitrogens with two attached hydrogens (primary N) is 1. The molecule has 0 fully saturated rings. The zero-order valence-electron chi connectivity index (χ0n) is 10.5. The molecule has 0 bridgehead atoms. The lowest BCUT2D eigenvalue weighted by Crippen LogP contribution is -2.13. The molecule has 0 spiro atoms. The maximum absolute atomic E-state index is 11.1. The van der Waals surface area contributed by atoms with E-state index in [0.29, 0.717) is 0 Å². The fourth-order valence-corrected chi connectivity index (χ4v) is 2.14. The first-order valence-corrected chi connectivity index (χ1v) is 5.37. The van der Waals surface area contributed by atoms with Crippen molar-refractivity contribution in [2.75, 3.05) is 5.73 Å². The Morgan fingerprint density at radius 2 is 1.44 bits per heavy atom. The Balaban J connectivity index is 3.57. The van der Waals surface area contributed by atoms with Gasteiger partial charge in [0.05, 0.1) is 5.92 Å². The SMILES string of the molecule is Cc1c(C)c(C(C)C(=O)O)c(C)c(C)c1N. The summed E-state index contributed by atoms with van der Waals surface area (Å²) in [6.45, 7) is 9.47. The van der Waals surface area contributed by atoms with Crippen LogP contribution in [0.2, 0.25) is 0 Å². The van der Waals surface area contributed by atoms with Crippen molar-refractivity contribution < 1.29 is 9.90 Å². The molecule has 0 aliphatic carbocycles. The summed E-state index contributed by atoms with van der Waals surface area (Å²) in [5, 5.41) is 9.10. The highest BCUT2D eigenvalue weighted by atomic mass is 16.4. The summed E-state index contributed by atoms with van der Waals surface area (Å²) < 4.78 is 0. The van der Waals surface area contributed by atoms with E-state index in [1.54, 1.807) is 6.92 Å². The van der Waals surface area contributed by atoms with Gasteiger partial charge in [-0.05, 0) is 62.4 Å². The highest BCUT2D eigenvalue weighted by Gasteiger charge is 2.21. The number of hydrogen-bond acceptors (Lipinski definition) is 2. The molecule has 0 saturated carbocycles. The van der Waals surface area contributed by atoms with Crippen molar-refractivity contribution in [2.24, 2.45) is 0 Å². The molecule has 0 aliphatic heterocycles. The van der Waals surface area contributed by atoms with Gasteiger partial charge in [-0.3, -0.25) is 4.79 Å². The first-order valence-electron chi connectivity index (χ1n) is 5.37. The molecule has 0 aromatic heterocycles. The molecular weight excluding hydrogens is 202 g/mol.